The van der Waals surface area contributed by atoms with Crippen molar-refractivity contribution in [3.63, 3.8) is 0 Å². The minimum Gasteiger partial charge on any atom is -0.459 e. The van der Waals surface area contributed by atoms with Gasteiger partial charge in [0.15, 0.2) is 0 Å². The highest BCUT2D eigenvalue weighted by Gasteiger charge is 2.36. The number of aliphatic hydroxyl groups is 1. The van der Waals surface area contributed by atoms with Crippen LogP contribution in [0.25, 0.3) is 0 Å². The molecule has 2 heterocycles. The number of hydrogen-bond acceptors (Lipinski definition) is 10. The smallest absolute Gasteiger partial charge is 0.320 e. The fraction of sp³-hybridized carbons (Fsp3) is 0.449. The molecule has 65 heavy (non-hydrogen) atoms. The molecule has 16 heteroatoms. The number of benzene rings is 2. The van der Waals surface area contributed by atoms with E-state index in [-0.39, 0.29) is 57.5 Å². The van der Waals surface area contributed by atoms with E-state index in [0.717, 1.165) is 11.1 Å². The van der Waals surface area contributed by atoms with E-state index in [9.17, 15) is 29.1 Å². The second kappa shape index (κ2) is 26.4. The number of nitrogens with one attached hydrogen (secondary N) is 4. The minimum atomic E-state index is -1.02. The molecule has 0 saturated carbocycles. The lowest BCUT2D eigenvalue weighted by atomic mass is 9.92. The van der Waals surface area contributed by atoms with Crippen molar-refractivity contribution >= 4 is 29.8 Å². The first-order chi connectivity index (χ1) is 31.1. The van der Waals surface area contributed by atoms with Crippen molar-refractivity contribution in [2.45, 2.75) is 90.3 Å². The van der Waals surface area contributed by atoms with Crippen LogP contribution in [0, 0.1) is 11.8 Å². The van der Waals surface area contributed by atoms with Gasteiger partial charge in [0, 0.05) is 45.5 Å². The van der Waals surface area contributed by atoms with Crippen LogP contribution in [0.5, 0.6) is 0 Å². The van der Waals surface area contributed by atoms with Gasteiger partial charge < -0.3 is 40.9 Å². The third kappa shape index (κ3) is 17.6. The van der Waals surface area contributed by atoms with Gasteiger partial charge in [-0.2, -0.15) is 0 Å². The van der Waals surface area contributed by atoms with E-state index < -0.39 is 60.1 Å². The maximum Gasteiger partial charge on any atom is 0.320 e. The van der Waals surface area contributed by atoms with E-state index in [4.69, 9.17) is 4.74 Å². The number of amides is 6. The van der Waals surface area contributed by atoms with Gasteiger partial charge in [-0.3, -0.25) is 29.3 Å². The standard InChI is InChI=1S/C49H67N9O7/c1-34(2)44(54-48(63)57(6)31-38-22-14-16-24-50-38)46(61)52-40(28-36-18-10-8-11-19-36)30-42(65-43(60)33-56(5)26-27-59)41(29-37-20-12-9-13-21-37)53-47(62)45(35(3)4)55-49(64)58(7)32-39-23-15-17-25-51-39/h8-25,34-35,40-42,44-45,59H,26-33H2,1-7H3,(H,52,61)(H,53,62)(H,54,63)(H,55,64)/t40-,41-,42-,44-,45-/m0/s1. The summed E-state index contributed by atoms with van der Waals surface area (Å²) < 4.78 is 6.33. The lowest BCUT2D eigenvalue weighted by molar-refractivity contribution is -0.153. The normalized spacial score (nSPS) is 13.5. The summed E-state index contributed by atoms with van der Waals surface area (Å²) in [6.07, 6.45) is 2.88. The lowest BCUT2D eigenvalue weighted by Crippen LogP contribution is -2.58. The number of carbonyl (C=O) groups is 5. The second-order valence-corrected chi connectivity index (χ2v) is 17.1. The Morgan fingerprint density at radius 2 is 1.08 bits per heavy atom. The molecule has 0 unspecified atom stereocenters. The van der Waals surface area contributed by atoms with Gasteiger partial charge in [-0.25, -0.2) is 9.59 Å². The van der Waals surface area contributed by atoms with Crippen LogP contribution in [0.2, 0.25) is 0 Å². The predicted octanol–water partition coefficient (Wildman–Crippen LogP) is 4.19. The van der Waals surface area contributed by atoms with Gasteiger partial charge in [0.1, 0.15) is 18.2 Å². The molecule has 0 aliphatic heterocycles. The Bertz CT molecular complexity index is 2060. The first-order valence-electron chi connectivity index (χ1n) is 22.1. The SMILES string of the molecule is CC(C)[C@H](NC(=O)N(C)Cc1ccccn1)C(=O)N[C@@H](Cc1ccccc1)C[C@H](OC(=O)CN(C)CCO)[C@H](Cc1ccccc1)NC(=O)[C@@H](NC(=O)N(C)Cc1ccccn1)C(C)C. The zero-order valence-electron chi connectivity index (χ0n) is 38.7. The van der Waals surface area contributed by atoms with E-state index in [2.05, 4.69) is 31.2 Å². The number of hydrogen-bond donors (Lipinski definition) is 5. The van der Waals surface area contributed by atoms with Crippen molar-refractivity contribution < 1.29 is 33.8 Å². The molecule has 16 nitrogen and oxygen atoms in total. The van der Waals surface area contributed by atoms with E-state index in [0.29, 0.717) is 17.8 Å². The van der Waals surface area contributed by atoms with Crippen LogP contribution in [0.15, 0.2) is 109 Å². The van der Waals surface area contributed by atoms with Crippen LogP contribution < -0.4 is 21.3 Å². The van der Waals surface area contributed by atoms with E-state index in [1.165, 1.54) is 9.80 Å². The molecule has 6 amide bonds. The summed E-state index contributed by atoms with van der Waals surface area (Å²) in [5.41, 5.74) is 3.11. The largest absolute Gasteiger partial charge is 0.459 e. The Balaban J connectivity index is 1.68. The van der Waals surface area contributed by atoms with Gasteiger partial charge in [-0.05, 0) is 67.1 Å². The Morgan fingerprint density at radius 1 is 0.615 bits per heavy atom. The zero-order chi connectivity index (χ0) is 47.3. The van der Waals surface area contributed by atoms with Crippen molar-refractivity contribution in [1.29, 1.82) is 0 Å². The third-order valence-corrected chi connectivity index (χ3v) is 10.8. The average Bonchev–Trinajstić information content (AvgIpc) is 3.27. The summed E-state index contributed by atoms with van der Waals surface area (Å²) in [6.45, 7) is 7.69. The number of esters is 1. The van der Waals surface area contributed by atoms with Gasteiger partial charge in [0.05, 0.1) is 43.7 Å². The molecule has 0 spiro atoms. The lowest BCUT2D eigenvalue weighted by Gasteiger charge is -2.34. The van der Waals surface area contributed by atoms with Crippen LogP contribution in [0.3, 0.4) is 0 Å². The summed E-state index contributed by atoms with van der Waals surface area (Å²) >= 11 is 0. The van der Waals surface area contributed by atoms with Crippen molar-refractivity contribution in [2.24, 2.45) is 11.8 Å². The zero-order valence-corrected chi connectivity index (χ0v) is 38.7. The number of pyridine rings is 2. The van der Waals surface area contributed by atoms with Crippen LogP contribution >= 0.6 is 0 Å². The van der Waals surface area contributed by atoms with Gasteiger partial charge in [0.25, 0.3) is 0 Å². The molecule has 0 fully saturated rings. The predicted molar refractivity (Wildman–Crippen MR) is 249 cm³/mol. The first kappa shape index (κ1) is 51.2. The Labute approximate surface area is 383 Å². The average molecular weight is 894 g/mol. The van der Waals surface area contributed by atoms with Crippen molar-refractivity contribution in [2.75, 3.05) is 40.8 Å². The van der Waals surface area contributed by atoms with Crippen LogP contribution in [-0.4, -0.2) is 131 Å². The summed E-state index contributed by atoms with van der Waals surface area (Å²) in [5, 5.41) is 21.7. The number of aromatic nitrogens is 2. The highest BCUT2D eigenvalue weighted by molar-refractivity contribution is 5.88. The number of ether oxygens (including phenoxy) is 1. The molecule has 5 atom stereocenters. The van der Waals surface area contributed by atoms with E-state index in [1.807, 2.05) is 113 Å². The molecule has 5 N–H and O–H groups in total. The molecular weight excluding hydrogens is 827 g/mol. The Hall–Kier alpha value is -6.39. The maximum atomic E-state index is 14.5. The molecule has 0 aliphatic carbocycles. The summed E-state index contributed by atoms with van der Waals surface area (Å²) in [7, 11) is 4.94. The first-order valence-corrected chi connectivity index (χ1v) is 22.1. The highest BCUT2D eigenvalue weighted by Crippen LogP contribution is 2.19. The minimum absolute atomic E-state index is 0.0533. The van der Waals surface area contributed by atoms with E-state index in [1.54, 1.807) is 50.6 Å². The molecule has 0 saturated heterocycles. The van der Waals surface area contributed by atoms with Gasteiger partial charge in [-0.15, -0.1) is 0 Å². The molecule has 4 rings (SSSR count). The summed E-state index contributed by atoms with van der Waals surface area (Å²) in [6, 6.07) is 25.5. The Morgan fingerprint density at radius 3 is 1.52 bits per heavy atom. The number of nitrogens with zero attached hydrogens (tertiary/aromatic N) is 5. The highest BCUT2D eigenvalue weighted by atomic mass is 16.5. The number of urea groups is 2. The second-order valence-electron chi connectivity index (χ2n) is 17.1. The number of aliphatic hydroxyl groups excluding tert-OH is 1. The quantitative estimate of drug-likeness (QED) is 0.0637. The molecule has 0 aliphatic rings. The molecule has 4 aromatic rings. The van der Waals surface area contributed by atoms with Crippen molar-refractivity contribution in [3.05, 3.63) is 132 Å². The van der Waals surface area contributed by atoms with Crippen LogP contribution in [-0.2, 0) is 45.1 Å². The summed E-state index contributed by atoms with van der Waals surface area (Å²) in [5.74, 6) is -2.18. The molecule has 0 bridgehead atoms. The van der Waals surface area contributed by atoms with Crippen LogP contribution in [0.1, 0.15) is 56.6 Å². The topological polar surface area (TPSA) is 198 Å². The molecular formula is C49H67N9O7. The molecule has 2 aromatic heterocycles. The maximum absolute atomic E-state index is 14.5. The third-order valence-electron chi connectivity index (χ3n) is 10.8. The monoisotopic (exact) mass is 894 g/mol. The number of rotatable bonds is 24. The molecule has 2 aromatic carbocycles. The summed E-state index contributed by atoms with van der Waals surface area (Å²) in [4.78, 5) is 82.9. The fourth-order valence-corrected chi connectivity index (χ4v) is 7.22. The Kier molecular flexibility index (Phi) is 20.8. The van der Waals surface area contributed by atoms with Gasteiger partial charge >= 0.3 is 18.0 Å². The molecule has 0 radical (unpaired) electrons. The number of carbonyl (C=O) groups excluding carboxylic acids is 5. The van der Waals surface area contributed by atoms with Crippen LogP contribution in [0.4, 0.5) is 9.59 Å². The number of likely N-dealkylation sites (N-methyl/N-ethyl adjacent to an activating group) is 1. The van der Waals surface area contributed by atoms with Crippen molar-refractivity contribution in [3.8, 4) is 0 Å². The van der Waals surface area contributed by atoms with Crippen molar-refractivity contribution in [1.82, 2.24) is 45.9 Å². The van der Waals surface area contributed by atoms with E-state index >= 15 is 0 Å². The molecule has 350 valence electrons. The fourth-order valence-electron chi connectivity index (χ4n) is 7.22. The van der Waals surface area contributed by atoms with Gasteiger partial charge in [0.2, 0.25) is 11.8 Å². The van der Waals surface area contributed by atoms with Gasteiger partial charge in [-0.1, -0.05) is 100 Å².